The van der Waals surface area contributed by atoms with Crippen LogP contribution in [0.1, 0.15) is 39.2 Å². The summed E-state index contributed by atoms with van der Waals surface area (Å²) < 4.78 is 0. The van der Waals surface area contributed by atoms with E-state index < -0.39 is 0 Å². The van der Waals surface area contributed by atoms with Gasteiger partial charge in [-0.15, -0.1) is 0 Å². The third-order valence-electron chi connectivity index (χ3n) is 5.31. The van der Waals surface area contributed by atoms with E-state index in [1.807, 2.05) is 4.90 Å². The Morgan fingerprint density at radius 1 is 1.22 bits per heavy atom. The first-order valence-corrected chi connectivity index (χ1v) is 10.7. The smallest absolute Gasteiger partial charge is 0.228 e. The van der Waals surface area contributed by atoms with Gasteiger partial charge in [0, 0.05) is 55.8 Å². The van der Waals surface area contributed by atoms with Gasteiger partial charge >= 0.3 is 0 Å². The molecule has 2 heterocycles. The lowest BCUT2D eigenvalue weighted by atomic mass is 10.1. The minimum atomic E-state index is 0.238. The zero-order chi connectivity index (χ0) is 19.4. The number of carbonyl (C=O) groups excluding carboxylic acids is 1. The van der Waals surface area contributed by atoms with Crippen LogP contribution in [-0.2, 0) is 4.79 Å². The van der Waals surface area contributed by atoms with Gasteiger partial charge in [-0.25, -0.2) is 0 Å². The van der Waals surface area contributed by atoms with Crippen molar-refractivity contribution in [2.24, 2.45) is 0 Å². The maximum absolute atomic E-state index is 12.6. The number of piperazine rings is 1. The number of hydrogen-bond donors (Lipinski definition) is 1. The zero-order valence-electron chi connectivity index (χ0n) is 16.8. The summed E-state index contributed by atoms with van der Waals surface area (Å²) in [5, 5.41) is 3.38. The van der Waals surface area contributed by atoms with Gasteiger partial charge in [0.2, 0.25) is 5.91 Å². The Morgan fingerprint density at radius 2 is 1.89 bits per heavy atom. The first kappa shape index (κ1) is 20.2. The molecule has 5 heteroatoms. The second kappa shape index (κ2) is 9.09. The van der Waals surface area contributed by atoms with Crippen LogP contribution in [-0.4, -0.2) is 49.6 Å². The average Bonchev–Trinajstić information content (AvgIpc) is 3.08. The Kier molecular flexibility index (Phi) is 6.79. The van der Waals surface area contributed by atoms with Crippen LogP contribution in [0.5, 0.6) is 0 Å². The molecule has 146 valence electrons. The average molecular weight is 386 g/mol. The SMILES string of the molecule is C=C(CC)SC(=C(C)C)c1ccc(N2CC(N3CCNCC3)CC2=O)cc1. The summed E-state index contributed by atoms with van der Waals surface area (Å²) in [5.74, 6) is 0.238. The van der Waals surface area contributed by atoms with Crippen LogP contribution in [0.3, 0.4) is 0 Å². The fraction of sp³-hybridized carbons (Fsp3) is 0.500. The molecule has 4 nitrogen and oxygen atoms in total. The van der Waals surface area contributed by atoms with Crippen molar-refractivity contribution in [2.75, 3.05) is 37.6 Å². The fourth-order valence-electron chi connectivity index (χ4n) is 3.69. The predicted molar refractivity (Wildman–Crippen MR) is 117 cm³/mol. The summed E-state index contributed by atoms with van der Waals surface area (Å²) in [5.41, 5.74) is 3.50. The predicted octanol–water partition coefficient (Wildman–Crippen LogP) is 4.10. The molecule has 2 aliphatic rings. The van der Waals surface area contributed by atoms with E-state index in [9.17, 15) is 4.79 Å². The first-order chi connectivity index (χ1) is 13.0. The molecule has 0 spiro atoms. The van der Waals surface area contributed by atoms with Crippen molar-refractivity contribution in [1.82, 2.24) is 10.2 Å². The number of anilines is 1. The molecule has 2 saturated heterocycles. The van der Waals surface area contributed by atoms with Crippen LogP contribution in [0.25, 0.3) is 4.91 Å². The maximum Gasteiger partial charge on any atom is 0.228 e. The van der Waals surface area contributed by atoms with Crippen LogP contribution in [0.2, 0.25) is 0 Å². The number of nitrogens with zero attached hydrogens (tertiary/aromatic N) is 2. The van der Waals surface area contributed by atoms with E-state index >= 15 is 0 Å². The van der Waals surface area contributed by atoms with Crippen LogP contribution in [0.4, 0.5) is 5.69 Å². The van der Waals surface area contributed by atoms with Gasteiger partial charge in [0.15, 0.2) is 0 Å². The fourth-order valence-corrected chi connectivity index (χ4v) is 4.58. The van der Waals surface area contributed by atoms with Crippen molar-refractivity contribution in [2.45, 2.75) is 39.7 Å². The van der Waals surface area contributed by atoms with Gasteiger partial charge in [0.1, 0.15) is 0 Å². The molecule has 0 saturated carbocycles. The molecule has 1 unspecified atom stereocenters. The summed E-state index contributed by atoms with van der Waals surface area (Å²) in [6.45, 7) is 15.5. The van der Waals surface area contributed by atoms with Gasteiger partial charge in [0.25, 0.3) is 0 Å². The summed E-state index contributed by atoms with van der Waals surface area (Å²) >= 11 is 1.76. The molecule has 0 aliphatic carbocycles. The molecule has 1 aromatic carbocycles. The largest absolute Gasteiger partial charge is 0.314 e. The Bertz CT molecular complexity index is 716. The van der Waals surface area contributed by atoms with Gasteiger partial charge in [0.05, 0.1) is 0 Å². The normalized spacial score (nSPS) is 20.8. The third-order valence-corrected chi connectivity index (χ3v) is 6.73. The van der Waals surface area contributed by atoms with Crippen molar-refractivity contribution in [3.63, 3.8) is 0 Å². The minimum absolute atomic E-state index is 0.238. The maximum atomic E-state index is 12.6. The van der Waals surface area contributed by atoms with Gasteiger partial charge in [-0.05, 0) is 42.9 Å². The van der Waals surface area contributed by atoms with E-state index in [1.165, 1.54) is 20.9 Å². The summed E-state index contributed by atoms with van der Waals surface area (Å²) in [6.07, 6.45) is 1.60. The van der Waals surface area contributed by atoms with Gasteiger partial charge in [-0.3, -0.25) is 9.69 Å². The number of benzene rings is 1. The quantitative estimate of drug-likeness (QED) is 0.799. The van der Waals surface area contributed by atoms with Crippen LogP contribution < -0.4 is 10.2 Å². The molecule has 2 aliphatic heterocycles. The second-order valence-electron chi connectivity index (χ2n) is 7.52. The Morgan fingerprint density at radius 3 is 2.48 bits per heavy atom. The standard InChI is InChI=1S/C22H31N3OS/c1-5-17(4)27-22(16(2)3)18-6-8-19(9-7-18)25-15-20(14-21(25)26)24-12-10-23-11-13-24/h6-9,20,23H,4-5,10-15H2,1-3H3. The van der Waals surface area contributed by atoms with Crippen LogP contribution >= 0.6 is 11.8 Å². The highest BCUT2D eigenvalue weighted by atomic mass is 32.2. The highest BCUT2D eigenvalue weighted by Crippen LogP contribution is 2.37. The van der Waals surface area contributed by atoms with E-state index in [1.54, 1.807) is 11.8 Å². The van der Waals surface area contributed by atoms with Crippen molar-refractivity contribution < 1.29 is 4.79 Å². The van der Waals surface area contributed by atoms with Gasteiger partial charge < -0.3 is 10.2 Å². The molecule has 0 radical (unpaired) electrons. The molecular formula is C22H31N3OS. The number of thioether (sulfide) groups is 1. The number of amides is 1. The summed E-state index contributed by atoms with van der Waals surface area (Å²) in [6, 6.07) is 8.80. The highest BCUT2D eigenvalue weighted by molar-refractivity contribution is 8.11. The molecule has 2 fully saturated rings. The molecule has 1 N–H and O–H groups in total. The van der Waals surface area contributed by atoms with Gasteiger partial charge in [-0.2, -0.15) is 0 Å². The van der Waals surface area contributed by atoms with Gasteiger partial charge in [-0.1, -0.05) is 43.0 Å². The number of hydrogen-bond acceptors (Lipinski definition) is 4. The highest BCUT2D eigenvalue weighted by Gasteiger charge is 2.34. The lowest BCUT2D eigenvalue weighted by Crippen LogP contribution is -2.49. The number of allylic oxidation sites excluding steroid dienone is 2. The lowest BCUT2D eigenvalue weighted by molar-refractivity contribution is -0.117. The van der Waals surface area contributed by atoms with Crippen LogP contribution in [0, 0.1) is 0 Å². The Labute approximate surface area is 167 Å². The second-order valence-corrected chi connectivity index (χ2v) is 8.71. The summed E-state index contributed by atoms with van der Waals surface area (Å²) in [4.78, 5) is 19.4. The molecular weight excluding hydrogens is 354 g/mol. The van der Waals surface area contributed by atoms with E-state index in [4.69, 9.17) is 0 Å². The Hall–Kier alpha value is -1.56. The molecule has 0 bridgehead atoms. The third kappa shape index (κ3) is 4.84. The monoisotopic (exact) mass is 385 g/mol. The number of carbonyl (C=O) groups is 1. The zero-order valence-corrected chi connectivity index (χ0v) is 17.6. The van der Waals surface area contributed by atoms with Crippen molar-refractivity contribution in [3.05, 3.63) is 46.9 Å². The van der Waals surface area contributed by atoms with Crippen molar-refractivity contribution >= 4 is 28.3 Å². The molecule has 3 rings (SSSR count). The molecule has 1 atom stereocenters. The van der Waals surface area contributed by atoms with E-state index in [0.29, 0.717) is 12.5 Å². The molecule has 0 aromatic heterocycles. The Balaban J connectivity index is 1.72. The van der Waals surface area contributed by atoms with Crippen molar-refractivity contribution in [1.29, 1.82) is 0 Å². The van der Waals surface area contributed by atoms with Crippen molar-refractivity contribution in [3.8, 4) is 0 Å². The van der Waals surface area contributed by atoms with Crippen LogP contribution in [0.15, 0.2) is 41.3 Å². The minimum Gasteiger partial charge on any atom is -0.314 e. The number of rotatable bonds is 6. The van der Waals surface area contributed by atoms with E-state index in [-0.39, 0.29) is 5.91 Å². The molecule has 1 aromatic rings. The van der Waals surface area contributed by atoms with E-state index in [0.717, 1.165) is 44.8 Å². The summed E-state index contributed by atoms with van der Waals surface area (Å²) in [7, 11) is 0. The topological polar surface area (TPSA) is 35.6 Å². The molecule has 27 heavy (non-hydrogen) atoms. The van der Waals surface area contributed by atoms with E-state index in [2.05, 4.69) is 61.8 Å². The molecule has 1 amide bonds. The first-order valence-electron chi connectivity index (χ1n) is 9.88. The lowest BCUT2D eigenvalue weighted by Gasteiger charge is -2.32. The number of nitrogens with one attached hydrogen (secondary N) is 1.